The maximum Gasteiger partial charge on any atom is 0.401 e. The van der Waals surface area contributed by atoms with E-state index in [2.05, 4.69) is 9.97 Å². The first-order chi connectivity index (χ1) is 10.4. The molecule has 3 rings (SSSR count). The highest BCUT2D eigenvalue weighted by Gasteiger charge is 2.32. The molecule has 0 N–H and O–H groups in total. The number of hydrogen-bond donors (Lipinski definition) is 0. The summed E-state index contributed by atoms with van der Waals surface area (Å²) >= 11 is 0. The lowest BCUT2D eigenvalue weighted by Gasteiger charge is -2.35. The Hall–Kier alpha value is -1.96. The quantitative estimate of drug-likeness (QED) is 0.797. The Balaban J connectivity index is 1.77. The van der Waals surface area contributed by atoms with Crippen molar-refractivity contribution in [1.82, 2.24) is 14.9 Å². The monoisotopic (exact) mass is 314 g/mol. The molecule has 2 heterocycles. The van der Waals surface area contributed by atoms with Gasteiger partial charge in [0.15, 0.2) is 0 Å². The molecule has 22 heavy (non-hydrogen) atoms. The minimum atomic E-state index is -4.18. The normalized spacial score (nSPS) is 17.2. The third-order valence-corrected chi connectivity index (χ3v) is 3.65. The first-order valence-corrected chi connectivity index (χ1v) is 6.87. The Bertz CT molecular complexity index is 665. The molecule has 0 bridgehead atoms. The Morgan fingerprint density at radius 1 is 1.05 bits per heavy atom. The third-order valence-electron chi connectivity index (χ3n) is 3.65. The fourth-order valence-electron chi connectivity index (χ4n) is 2.64. The molecular weight excluding hydrogens is 300 g/mol. The third kappa shape index (κ3) is 3.27. The van der Waals surface area contributed by atoms with Crippen molar-refractivity contribution >= 4 is 16.7 Å². The number of alkyl halides is 3. The highest BCUT2D eigenvalue weighted by molar-refractivity contribution is 5.89. The molecule has 0 atom stereocenters. The number of piperazine rings is 1. The fourth-order valence-corrected chi connectivity index (χ4v) is 2.64. The molecule has 0 spiro atoms. The number of benzene rings is 1. The molecule has 0 amide bonds. The zero-order chi connectivity index (χ0) is 15.7. The molecule has 1 saturated heterocycles. The highest BCUT2D eigenvalue weighted by Crippen LogP contribution is 2.25. The van der Waals surface area contributed by atoms with Crippen LogP contribution in [-0.2, 0) is 0 Å². The van der Waals surface area contributed by atoms with Crippen molar-refractivity contribution in [2.75, 3.05) is 37.6 Å². The Morgan fingerprint density at radius 2 is 1.77 bits per heavy atom. The summed E-state index contributed by atoms with van der Waals surface area (Å²) in [5.41, 5.74) is 0.489. The molecule has 1 fully saturated rings. The first-order valence-electron chi connectivity index (χ1n) is 6.87. The summed E-state index contributed by atoms with van der Waals surface area (Å²) in [4.78, 5) is 11.5. The van der Waals surface area contributed by atoms with Crippen molar-refractivity contribution in [2.45, 2.75) is 6.18 Å². The second kappa shape index (κ2) is 5.68. The average molecular weight is 314 g/mol. The van der Waals surface area contributed by atoms with Crippen molar-refractivity contribution in [3.05, 3.63) is 30.3 Å². The van der Waals surface area contributed by atoms with Crippen LogP contribution in [0.3, 0.4) is 0 Å². The van der Waals surface area contributed by atoms with E-state index in [-0.39, 0.29) is 5.82 Å². The number of halogens is 4. The minimum absolute atomic E-state index is 0.312. The predicted molar refractivity (Wildman–Crippen MR) is 74.2 cm³/mol. The smallest absolute Gasteiger partial charge is 0.353 e. The van der Waals surface area contributed by atoms with E-state index in [1.165, 1.54) is 23.4 Å². The van der Waals surface area contributed by atoms with Gasteiger partial charge in [0, 0.05) is 37.6 Å². The summed E-state index contributed by atoms with van der Waals surface area (Å²) in [6, 6.07) is 4.25. The molecule has 0 saturated carbocycles. The summed E-state index contributed by atoms with van der Waals surface area (Å²) < 4.78 is 50.4. The van der Waals surface area contributed by atoms with Crippen molar-refractivity contribution in [2.24, 2.45) is 0 Å². The maximum atomic E-state index is 13.2. The van der Waals surface area contributed by atoms with Crippen LogP contribution in [0.1, 0.15) is 0 Å². The molecule has 1 aliphatic heterocycles. The van der Waals surface area contributed by atoms with Gasteiger partial charge in [-0.15, -0.1) is 0 Å². The van der Waals surface area contributed by atoms with Crippen LogP contribution in [0.4, 0.5) is 23.4 Å². The number of anilines is 1. The van der Waals surface area contributed by atoms with E-state index in [1.54, 1.807) is 6.07 Å². The van der Waals surface area contributed by atoms with Gasteiger partial charge in [0.05, 0.1) is 12.1 Å². The molecule has 1 aliphatic rings. The number of rotatable bonds is 2. The van der Waals surface area contributed by atoms with Gasteiger partial charge in [-0.1, -0.05) is 0 Å². The van der Waals surface area contributed by atoms with E-state index in [9.17, 15) is 17.6 Å². The number of hydrogen-bond acceptors (Lipinski definition) is 4. The van der Waals surface area contributed by atoms with Crippen LogP contribution in [0.2, 0.25) is 0 Å². The van der Waals surface area contributed by atoms with Crippen LogP contribution in [0, 0.1) is 5.82 Å². The van der Waals surface area contributed by atoms with Gasteiger partial charge >= 0.3 is 6.18 Å². The van der Waals surface area contributed by atoms with Gasteiger partial charge in [-0.05, 0) is 12.1 Å². The first kappa shape index (κ1) is 15.0. The average Bonchev–Trinajstić information content (AvgIpc) is 2.45. The van der Waals surface area contributed by atoms with Crippen molar-refractivity contribution in [1.29, 1.82) is 0 Å². The topological polar surface area (TPSA) is 32.3 Å². The summed E-state index contributed by atoms with van der Waals surface area (Å²) in [5.74, 6) is 0.254. The summed E-state index contributed by atoms with van der Waals surface area (Å²) in [6.45, 7) is 0.619. The summed E-state index contributed by atoms with van der Waals surface area (Å²) in [5, 5.41) is 0.702. The fraction of sp³-hybridized carbons (Fsp3) is 0.429. The number of aromatic nitrogens is 2. The van der Waals surface area contributed by atoms with Gasteiger partial charge < -0.3 is 4.90 Å². The van der Waals surface area contributed by atoms with Gasteiger partial charge in [0.1, 0.15) is 18.0 Å². The van der Waals surface area contributed by atoms with Crippen molar-refractivity contribution in [3.8, 4) is 0 Å². The molecule has 0 aliphatic carbocycles. The lowest BCUT2D eigenvalue weighted by Crippen LogP contribution is -2.49. The van der Waals surface area contributed by atoms with Crippen LogP contribution in [-0.4, -0.2) is 53.8 Å². The second-order valence-corrected chi connectivity index (χ2v) is 5.24. The Morgan fingerprint density at radius 3 is 2.45 bits per heavy atom. The molecule has 4 nitrogen and oxygen atoms in total. The van der Waals surface area contributed by atoms with E-state index in [0.717, 1.165) is 0 Å². The van der Waals surface area contributed by atoms with Crippen LogP contribution in [0.25, 0.3) is 10.9 Å². The Kier molecular flexibility index (Phi) is 3.86. The standard InChI is InChI=1S/C14H14F4N4/c15-10-1-2-11-12(7-10)19-9-20-13(11)22-5-3-21(4-6-22)8-14(16,17)18/h1-2,7,9H,3-6,8H2. The van der Waals surface area contributed by atoms with Gasteiger partial charge in [0.2, 0.25) is 0 Å². The lowest BCUT2D eigenvalue weighted by atomic mass is 10.2. The van der Waals surface area contributed by atoms with E-state index < -0.39 is 12.7 Å². The number of nitrogens with zero attached hydrogens (tertiary/aromatic N) is 4. The van der Waals surface area contributed by atoms with Crippen molar-refractivity contribution in [3.63, 3.8) is 0 Å². The molecule has 2 aromatic rings. The van der Waals surface area contributed by atoms with Crippen LogP contribution in [0.15, 0.2) is 24.5 Å². The van der Waals surface area contributed by atoms with Gasteiger partial charge in [-0.2, -0.15) is 13.2 Å². The van der Waals surface area contributed by atoms with E-state index in [0.29, 0.717) is 42.9 Å². The highest BCUT2D eigenvalue weighted by atomic mass is 19.4. The molecule has 118 valence electrons. The SMILES string of the molecule is Fc1ccc2c(N3CCN(CC(F)(F)F)CC3)ncnc2c1. The van der Waals surface area contributed by atoms with Crippen LogP contribution >= 0.6 is 0 Å². The zero-order valence-corrected chi connectivity index (χ0v) is 11.6. The van der Waals surface area contributed by atoms with E-state index in [1.807, 2.05) is 4.90 Å². The molecule has 0 radical (unpaired) electrons. The largest absolute Gasteiger partial charge is 0.401 e. The Labute approximate surface area is 124 Å². The van der Waals surface area contributed by atoms with Gasteiger partial charge in [0.25, 0.3) is 0 Å². The lowest BCUT2D eigenvalue weighted by molar-refractivity contribution is -0.146. The van der Waals surface area contributed by atoms with Gasteiger partial charge in [-0.25, -0.2) is 14.4 Å². The molecule has 1 aromatic heterocycles. The van der Waals surface area contributed by atoms with Crippen LogP contribution in [0.5, 0.6) is 0 Å². The van der Waals surface area contributed by atoms with Crippen molar-refractivity contribution < 1.29 is 17.6 Å². The molecule has 8 heteroatoms. The second-order valence-electron chi connectivity index (χ2n) is 5.24. The summed E-state index contributed by atoms with van der Waals surface area (Å²) in [7, 11) is 0. The van der Waals surface area contributed by atoms with E-state index >= 15 is 0 Å². The maximum absolute atomic E-state index is 13.2. The predicted octanol–water partition coefficient (Wildman–Crippen LogP) is 2.45. The molecule has 0 unspecified atom stereocenters. The molecular formula is C14H14F4N4. The summed E-state index contributed by atoms with van der Waals surface area (Å²) in [6.07, 6.45) is -2.83. The molecule has 1 aromatic carbocycles. The number of fused-ring (bicyclic) bond motifs is 1. The van der Waals surface area contributed by atoms with E-state index in [4.69, 9.17) is 0 Å². The van der Waals surface area contributed by atoms with Gasteiger partial charge in [-0.3, -0.25) is 4.90 Å². The minimum Gasteiger partial charge on any atom is -0.353 e. The zero-order valence-electron chi connectivity index (χ0n) is 11.6. The van der Waals surface area contributed by atoms with Crippen LogP contribution < -0.4 is 4.90 Å².